The predicted octanol–water partition coefficient (Wildman–Crippen LogP) is 4.09. The normalized spacial score (nSPS) is 12.8. The van der Waals surface area contributed by atoms with Crippen LogP contribution in [0.15, 0.2) is 18.2 Å². The Bertz CT molecular complexity index is 402. The van der Waals surface area contributed by atoms with Crippen LogP contribution in [0.25, 0.3) is 0 Å². The van der Waals surface area contributed by atoms with Crippen LogP contribution in [-0.2, 0) is 6.42 Å². The summed E-state index contributed by atoms with van der Waals surface area (Å²) in [5, 5.41) is 3.52. The first-order valence-electron chi connectivity index (χ1n) is 6.59. The third kappa shape index (κ3) is 5.18. The lowest BCUT2D eigenvalue weighted by Crippen LogP contribution is -2.42. The highest BCUT2D eigenvalue weighted by atomic mass is 19.1. The average Bonchev–Trinajstić information content (AvgIpc) is 2.20. The molecule has 0 bridgehead atoms. The molecule has 0 radical (unpaired) electrons. The molecule has 1 aromatic carbocycles. The molecule has 0 heterocycles. The van der Waals surface area contributed by atoms with Crippen molar-refractivity contribution < 1.29 is 4.39 Å². The van der Waals surface area contributed by atoms with E-state index < -0.39 is 0 Å². The average molecular weight is 251 g/mol. The summed E-state index contributed by atoms with van der Waals surface area (Å²) in [6, 6.07) is 5.05. The molecule has 1 aromatic rings. The van der Waals surface area contributed by atoms with Crippen LogP contribution in [0.5, 0.6) is 0 Å². The van der Waals surface area contributed by atoms with Crippen LogP contribution in [0.3, 0.4) is 0 Å². The number of aryl methyl sites for hydroxylation is 1. The maximum absolute atomic E-state index is 13.3. The summed E-state index contributed by atoms with van der Waals surface area (Å²) >= 11 is 0. The van der Waals surface area contributed by atoms with Gasteiger partial charge in [0.05, 0.1) is 0 Å². The monoisotopic (exact) mass is 251 g/mol. The number of nitrogens with one attached hydrogen (secondary N) is 1. The van der Waals surface area contributed by atoms with Crippen LogP contribution < -0.4 is 5.32 Å². The van der Waals surface area contributed by atoms with Gasteiger partial charge in [-0.2, -0.15) is 0 Å². The summed E-state index contributed by atoms with van der Waals surface area (Å²) in [6.07, 6.45) is 0.889. The van der Waals surface area contributed by atoms with Crippen molar-refractivity contribution in [1.29, 1.82) is 0 Å². The minimum absolute atomic E-state index is 0.117. The van der Waals surface area contributed by atoms with Gasteiger partial charge in [0, 0.05) is 12.1 Å². The third-order valence-electron chi connectivity index (χ3n) is 3.08. The zero-order valence-corrected chi connectivity index (χ0v) is 12.5. The summed E-state index contributed by atoms with van der Waals surface area (Å²) in [4.78, 5) is 0. The first-order chi connectivity index (χ1) is 8.09. The van der Waals surface area contributed by atoms with Gasteiger partial charge in [-0.3, -0.25) is 0 Å². The van der Waals surface area contributed by atoms with Crippen molar-refractivity contribution in [3.05, 3.63) is 35.1 Å². The molecule has 0 fully saturated rings. The maximum atomic E-state index is 13.3. The van der Waals surface area contributed by atoms with Crippen LogP contribution in [0, 0.1) is 18.2 Å². The molecular weight excluding hydrogens is 225 g/mol. The molecule has 0 aromatic heterocycles. The molecule has 0 saturated carbocycles. The standard InChI is InChI=1S/C16H26FN/c1-12-7-8-14(17)9-13(12)10-16(5,6)11-18-15(2,3)4/h7-9,18H,10-11H2,1-6H3. The van der Waals surface area contributed by atoms with Crippen molar-refractivity contribution in [3.8, 4) is 0 Å². The molecule has 0 spiro atoms. The molecule has 0 aliphatic rings. The Balaban J connectivity index is 2.72. The highest BCUT2D eigenvalue weighted by Crippen LogP contribution is 2.24. The van der Waals surface area contributed by atoms with Gasteiger partial charge in [-0.1, -0.05) is 19.9 Å². The summed E-state index contributed by atoms with van der Waals surface area (Å²) in [6.45, 7) is 13.9. The van der Waals surface area contributed by atoms with Gasteiger partial charge in [-0.15, -0.1) is 0 Å². The largest absolute Gasteiger partial charge is 0.312 e. The Labute approximate surface area is 111 Å². The van der Waals surface area contributed by atoms with Crippen LogP contribution in [0.1, 0.15) is 45.7 Å². The minimum atomic E-state index is -0.143. The topological polar surface area (TPSA) is 12.0 Å². The first-order valence-corrected chi connectivity index (χ1v) is 6.59. The van der Waals surface area contributed by atoms with Crippen LogP contribution in [0.4, 0.5) is 4.39 Å². The van der Waals surface area contributed by atoms with Crippen molar-refractivity contribution in [2.75, 3.05) is 6.54 Å². The fourth-order valence-electron chi connectivity index (χ4n) is 1.91. The molecule has 18 heavy (non-hydrogen) atoms. The number of halogens is 1. The molecule has 0 unspecified atom stereocenters. The Kier molecular flexibility index (Phi) is 4.55. The second-order valence-corrected chi connectivity index (χ2v) is 7.02. The Morgan fingerprint density at radius 1 is 1.11 bits per heavy atom. The van der Waals surface area contributed by atoms with E-state index in [4.69, 9.17) is 0 Å². The molecule has 1 rings (SSSR count). The number of hydrogen-bond donors (Lipinski definition) is 1. The third-order valence-corrected chi connectivity index (χ3v) is 3.08. The first kappa shape index (κ1) is 15.2. The van der Waals surface area contributed by atoms with Gasteiger partial charge in [0.25, 0.3) is 0 Å². The van der Waals surface area contributed by atoms with E-state index in [-0.39, 0.29) is 16.8 Å². The molecule has 0 aliphatic carbocycles. The highest BCUT2D eigenvalue weighted by molar-refractivity contribution is 5.27. The van der Waals surface area contributed by atoms with E-state index in [1.54, 1.807) is 6.07 Å². The van der Waals surface area contributed by atoms with Crippen LogP contribution in [0.2, 0.25) is 0 Å². The van der Waals surface area contributed by atoms with E-state index in [1.165, 1.54) is 11.6 Å². The molecule has 0 amide bonds. The molecular formula is C16H26FN. The van der Waals surface area contributed by atoms with Crippen LogP contribution in [-0.4, -0.2) is 12.1 Å². The van der Waals surface area contributed by atoms with Gasteiger partial charge in [0.1, 0.15) is 5.82 Å². The minimum Gasteiger partial charge on any atom is -0.312 e. The summed E-state index contributed by atoms with van der Waals surface area (Å²) < 4.78 is 13.3. The maximum Gasteiger partial charge on any atom is 0.123 e. The van der Waals surface area contributed by atoms with E-state index in [9.17, 15) is 4.39 Å². The van der Waals surface area contributed by atoms with Crippen molar-refractivity contribution in [3.63, 3.8) is 0 Å². The fraction of sp³-hybridized carbons (Fsp3) is 0.625. The van der Waals surface area contributed by atoms with Crippen LogP contribution >= 0.6 is 0 Å². The number of hydrogen-bond acceptors (Lipinski definition) is 1. The summed E-state index contributed by atoms with van der Waals surface area (Å²) in [5.74, 6) is -0.143. The smallest absolute Gasteiger partial charge is 0.123 e. The highest BCUT2D eigenvalue weighted by Gasteiger charge is 2.22. The lowest BCUT2D eigenvalue weighted by atomic mass is 9.83. The molecule has 1 nitrogen and oxygen atoms in total. The Hall–Kier alpha value is -0.890. The van der Waals surface area contributed by atoms with Crippen molar-refractivity contribution in [1.82, 2.24) is 5.32 Å². The number of benzene rings is 1. The summed E-state index contributed by atoms with van der Waals surface area (Å²) in [7, 11) is 0. The van der Waals surface area contributed by atoms with Gasteiger partial charge >= 0.3 is 0 Å². The van der Waals surface area contributed by atoms with Gasteiger partial charge in [-0.05, 0) is 62.8 Å². The van der Waals surface area contributed by atoms with E-state index in [0.29, 0.717) is 0 Å². The Morgan fingerprint density at radius 2 is 1.72 bits per heavy atom. The summed E-state index contributed by atoms with van der Waals surface area (Å²) in [5.41, 5.74) is 2.51. The van der Waals surface area contributed by atoms with Crippen molar-refractivity contribution in [2.45, 2.75) is 53.5 Å². The predicted molar refractivity (Wildman–Crippen MR) is 76.4 cm³/mol. The zero-order valence-electron chi connectivity index (χ0n) is 12.5. The molecule has 102 valence electrons. The quantitative estimate of drug-likeness (QED) is 0.850. The molecule has 2 heteroatoms. The van der Waals surface area contributed by atoms with Gasteiger partial charge < -0.3 is 5.32 Å². The Morgan fingerprint density at radius 3 is 2.28 bits per heavy atom. The molecule has 0 saturated heterocycles. The zero-order chi connectivity index (χ0) is 14.0. The second kappa shape index (κ2) is 5.40. The lowest BCUT2D eigenvalue weighted by Gasteiger charge is -2.31. The van der Waals surface area contributed by atoms with E-state index >= 15 is 0 Å². The SMILES string of the molecule is Cc1ccc(F)cc1CC(C)(C)CNC(C)(C)C. The molecule has 0 atom stereocenters. The fourth-order valence-corrected chi connectivity index (χ4v) is 1.91. The molecule has 1 N–H and O–H groups in total. The van der Waals surface area contributed by atoms with E-state index in [2.05, 4.69) is 39.9 Å². The van der Waals surface area contributed by atoms with E-state index in [0.717, 1.165) is 18.5 Å². The van der Waals surface area contributed by atoms with Gasteiger partial charge in [-0.25, -0.2) is 4.39 Å². The second-order valence-electron chi connectivity index (χ2n) is 7.02. The lowest BCUT2D eigenvalue weighted by molar-refractivity contribution is 0.288. The van der Waals surface area contributed by atoms with Gasteiger partial charge in [0.2, 0.25) is 0 Å². The van der Waals surface area contributed by atoms with E-state index in [1.807, 2.05) is 13.0 Å². The number of rotatable bonds is 4. The van der Waals surface area contributed by atoms with Gasteiger partial charge in [0.15, 0.2) is 0 Å². The molecule has 0 aliphatic heterocycles. The van der Waals surface area contributed by atoms with Crippen molar-refractivity contribution >= 4 is 0 Å². The van der Waals surface area contributed by atoms with Crippen molar-refractivity contribution in [2.24, 2.45) is 5.41 Å².